The van der Waals surface area contributed by atoms with Gasteiger partial charge in [-0.2, -0.15) is 0 Å². The normalized spacial score (nSPS) is 12.0. The molecule has 0 aliphatic carbocycles. The van der Waals surface area contributed by atoms with E-state index in [2.05, 4.69) is 191 Å². The van der Waals surface area contributed by atoms with Crippen LogP contribution in [0.4, 0.5) is 0 Å². The predicted molar refractivity (Wildman–Crippen MR) is 212 cm³/mol. The van der Waals surface area contributed by atoms with Crippen LogP contribution in [0.2, 0.25) is 0 Å². The molecule has 11 rings (SSSR count). The monoisotopic (exact) mass is 634 g/mol. The fraction of sp³-hybridized carbons (Fsp3) is 0. The third-order valence-corrected chi connectivity index (χ3v) is 10.7. The highest BCUT2D eigenvalue weighted by Crippen LogP contribution is 2.47. The number of hydrogen-bond acceptors (Lipinski definition) is 0. The number of rotatable bonds is 4. The van der Waals surface area contributed by atoms with Crippen LogP contribution in [0.3, 0.4) is 0 Å². The molecule has 8 aromatic carbocycles. The summed E-state index contributed by atoms with van der Waals surface area (Å²) < 4.78 is 5.04. The van der Waals surface area contributed by atoms with E-state index < -0.39 is 0 Å². The second-order valence-electron chi connectivity index (χ2n) is 13.3. The third kappa shape index (κ3) is 3.73. The summed E-state index contributed by atoms with van der Waals surface area (Å²) in [5, 5.41) is 7.68. The average molecular weight is 635 g/mol. The van der Waals surface area contributed by atoms with Gasteiger partial charge in [0.2, 0.25) is 0 Å². The van der Waals surface area contributed by atoms with Crippen LogP contribution < -0.4 is 0 Å². The van der Waals surface area contributed by atoms with Gasteiger partial charge in [-0.05, 0) is 63.5 Å². The van der Waals surface area contributed by atoms with Gasteiger partial charge in [0.25, 0.3) is 0 Å². The molecule has 2 heteroatoms. The molecule has 0 aliphatic heterocycles. The smallest absolute Gasteiger partial charge is 0.0642 e. The van der Waals surface area contributed by atoms with Gasteiger partial charge in [-0.1, -0.05) is 152 Å². The van der Waals surface area contributed by atoms with Crippen molar-refractivity contribution in [1.82, 2.24) is 8.97 Å². The zero-order valence-corrected chi connectivity index (χ0v) is 27.2. The Bertz CT molecular complexity index is 3070. The molecule has 50 heavy (non-hydrogen) atoms. The summed E-state index contributed by atoms with van der Waals surface area (Å²) in [4.78, 5) is 0. The second kappa shape index (κ2) is 10.4. The molecule has 0 bridgehead atoms. The highest BCUT2D eigenvalue weighted by Gasteiger charge is 2.24. The molecular weight excluding hydrogens is 605 g/mol. The molecule has 0 radical (unpaired) electrons. The van der Waals surface area contributed by atoms with Gasteiger partial charge in [-0.15, -0.1) is 0 Å². The minimum absolute atomic E-state index is 1.16. The number of benzene rings is 8. The van der Waals surface area contributed by atoms with E-state index in [4.69, 9.17) is 0 Å². The van der Waals surface area contributed by atoms with Crippen LogP contribution in [-0.4, -0.2) is 8.97 Å². The summed E-state index contributed by atoms with van der Waals surface area (Å²) in [7, 11) is 0. The van der Waals surface area contributed by atoms with Crippen LogP contribution in [-0.2, 0) is 0 Å². The van der Waals surface area contributed by atoms with Crippen molar-refractivity contribution in [2.45, 2.75) is 0 Å². The minimum atomic E-state index is 1.16. The maximum absolute atomic E-state index is 2.56. The van der Waals surface area contributed by atoms with Gasteiger partial charge >= 0.3 is 0 Å². The van der Waals surface area contributed by atoms with E-state index in [-0.39, 0.29) is 0 Å². The van der Waals surface area contributed by atoms with E-state index in [9.17, 15) is 0 Å². The van der Waals surface area contributed by atoms with Crippen LogP contribution in [0.25, 0.3) is 99.0 Å². The Kier molecular flexibility index (Phi) is 5.70. The molecule has 0 saturated carbocycles. The van der Waals surface area contributed by atoms with Crippen LogP contribution >= 0.6 is 0 Å². The Balaban J connectivity index is 1.29. The van der Waals surface area contributed by atoms with Crippen molar-refractivity contribution in [2.75, 3.05) is 0 Å². The van der Waals surface area contributed by atoms with Crippen molar-refractivity contribution in [1.29, 1.82) is 0 Å². The van der Waals surface area contributed by atoms with E-state index in [1.807, 2.05) is 0 Å². The lowest BCUT2D eigenvalue weighted by Gasteiger charge is -2.14. The SMILES string of the molecule is c1ccc(-c2ccccc2-c2cccc(-n3c4cccc5c6cccc(-c7ccccc7)c6n6c7ccccc7c7ccc3c(c54)c76)c2)cc1. The Morgan fingerprint density at radius 1 is 0.300 bits per heavy atom. The fourth-order valence-corrected chi connectivity index (χ4v) is 8.60. The summed E-state index contributed by atoms with van der Waals surface area (Å²) >= 11 is 0. The molecule has 0 amide bonds. The van der Waals surface area contributed by atoms with E-state index >= 15 is 0 Å². The van der Waals surface area contributed by atoms with Crippen LogP contribution in [0.1, 0.15) is 0 Å². The van der Waals surface area contributed by atoms with E-state index in [1.54, 1.807) is 0 Å². The van der Waals surface area contributed by atoms with Gasteiger partial charge in [0.1, 0.15) is 0 Å². The van der Waals surface area contributed by atoms with Gasteiger partial charge < -0.3 is 8.97 Å². The standard InChI is InChI=1S/C48H30N2/c1-3-14-31(15-4-1)35-20-7-8-21-36(35)33-18-11-19-34(30-33)49-43-27-13-24-39-40-25-12-23-37(32-16-5-2-6-17-32)47(40)50-42-26-10-9-22-38(42)41-28-29-44(49)46(45(39)43)48(41)50/h1-30H. The number of hydrogen-bond donors (Lipinski definition) is 0. The van der Waals surface area contributed by atoms with E-state index in [1.165, 1.54) is 93.3 Å². The van der Waals surface area contributed by atoms with Crippen molar-refractivity contribution in [3.8, 4) is 39.1 Å². The van der Waals surface area contributed by atoms with Crippen molar-refractivity contribution < 1.29 is 0 Å². The van der Waals surface area contributed by atoms with Gasteiger partial charge in [0, 0.05) is 38.2 Å². The Labute approximate surface area is 289 Å². The summed E-state index contributed by atoms with van der Waals surface area (Å²) in [6, 6.07) is 66.6. The molecule has 0 fully saturated rings. The first-order valence-corrected chi connectivity index (χ1v) is 17.3. The van der Waals surface area contributed by atoms with Crippen molar-refractivity contribution in [3.05, 3.63) is 182 Å². The Morgan fingerprint density at radius 2 is 0.840 bits per heavy atom. The number of nitrogens with zero attached hydrogens (tertiary/aromatic N) is 2. The third-order valence-electron chi connectivity index (χ3n) is 10.7. The Morgan fingerprint density at radius 3 is 1.66 bits per heavy atom. The lowest BCUT2D eigenvalue weighted by atomic mass is 9.94. The second-order valence-corrected chi connectivity index (χ2v) is 13.3. The summed E-state index contributed by atoms with van der Waals surface area (Å²) in [6.45, 7) is 0. The van der Waals surface area contributed by atoms with Gasteiger partial charge in [0.15, 0.2) is 0 Å². The molecule has 3 aromatic heterocycles. The lowest BCUT2D eigenvalue weighted by molar-refractivity contribution is 1.18. The first-order valence-electron chi connectivity index (χ1n) is 17.3. The predicted octanol–water partition coefficient (Wildman–Crippen LogP) is 12.9. The zero-order valence-electron chi connectivity index (χ0n) is 27.2. The van der Waals surface area contributed by atoms with Crippen molar-refractivity contribution >= 4 is 59.9 Å². The largest absolute Gasteiger partial charge is 0.309 e. The maximum Gasteiger partial charge on any atom is 0.0642 e. The fourth-order valence-electron chi connectivity index (χ4n) is 8.60. The van der Waals surface area contributed by atoms with E-state index in [0.29, 0.717) is 0 Å². The Hall–Kier alpha value is -6.64. The first kappa shape index (κ1) is 27.3. The summed E-state index contributed by atoms with van der Waals surface area (Å²) in [6.07, 6.45) is 0. The minimum Gasteiger partial charge on any atom is -0.309 e. The quantitative estimate of drug-likeness (QED) is 0.182. The van der Waals surface area contributed by atoms with Crippen molar-refractivity contribution in [2.24, 2.45) is 0 Å². The molecular formula is C48H30N2. The van der Waals surface area contributed by atoms with E-state index in [0.717, 1.165) is 5.69 Å². The van der Waals surface area contributed by atoms with Crippen LogP contribution in [0, 0.1) is 0 Å². The highest BCUT2D eigenvalue weighted by atomic mass is 15.0. The summed E-state index contributed by atoms with van der Waals surface area (Å²) in [5.41, 5.74) is 14.7. The molecule has 11 aromatic rings. The molecule has 2 nitrogen and oxygen atoms in total. The molecule has 0 saturated heterocycles. The lowest BCUT2D eigenvalue weighted by Crippen LogP contribution is -1.95. The molecule has 3 heterocycles. The number of fused-ring (bicyclic) bond motifs is 6. The molecule has 0 aliphatic rings. The number of para-hydroxylation sites is 2. The molecule has 0 spiro atoms. The highest BCUT2D eigenvalue weighted by molar-refractivity contribution is 6.33. The number of aromatic nitrogens is 2. The topological polar surface area (TPSA) is 9.34 Å². The van der Waals surface area contributed by atoms with Crippen molar-refractivity contribution in [3.63, 3.8) is 0 Å². The zero-order chi connectivity index (χ0) is 32.8. The van der Waals surface area contributed by atoms with Gasteiger partial charge in [-0.25, -0.2) is 0 Å². The summed E-state index contributed by atoms with van der Waals surface area (Å²) in [5.74, 6) is 0. The van der Waals surface area contributed by atoms with Gasteiger partial charge in [0.05, 0.1) is 27.6 Å². The van der Waals surface area contributed by atoms with Crippen LogP contribution in [0.15, 0.2) is 182 Å². The van der Waals surface area contributed by atoms with Crippen LogP contribution in [0.5, 0.6) is 0 Å². The average Bonchev–Trinajstić information content (AvgIpc) is 3.67. The maximum atomic E-state index is 2.56. The molecule has 0 unspecified atom stereocenters. The molecule has 232 valence electrons. The molecule has 0 atom stereocenters. The van der Waals surface area contributed by atoms with Gasteiger partial charge in [-0.3, -0.25) is 0 Å². The molecule has 0 N–H and O–H groups in total. The first-order chi connectivity index (χ1) is 24.8.